The average molecular weight is 234 g/mol. The van der Waals surface area contributed by atoms with Crippen LogP contribution in [-0.2, 0) is 11.2 Å². The molecular formula is C15H19FO. The van der Waals surface area contributed by atoms with Crippen molar-refractivity contribution in [3.05, 3.63) is 35.6 Å². The Hall–Kier alpha value is -1.18. The van der Waals surface area contributed by atoms with Crippen molar-refractivity contribution in [2.24, 2.45) is 11.3 Å². The van der Waals surface area contributed by atoms with E-state index in [0.717, 1.165) is 19.3 Å². The third-order valence-electron chi connectivity index (χ3n) is 3.97. The van der Waals surface area contributed by atoms with E-state index in [1.165, 1.54) is 6.07 Å². The molecule has 92 valence electrons. The fourth-order valence-electron chi connectivity index (χ4n) is 2.88. The van der Waals surface area contributed by atoms with Gasteiger partial charge >= 0.3 is 0 Å². The molecule has 0 amide bonds. The van der Waals surface area contributed by atoms with Gasteiger partial charge in [-0.3, -0.25) is 4.79 Å². The molecule has 2 rings (SSSR count). The number of benzene rings is 1. The summed E-state index contributed by atoms with van der Waals surface area (Å²) in [7, 11) is 0. The average Bonchev–Trinajstić information content (AvgIpc) is 2.61. The molecule has 0 radical (unpaired) electrons. The number of Topliss-reactive ketones (excluding diaryl/α,β-unsaturated/α-hetero) is 1. The van der Waals surface area contributed by atoms with E-state index in [-0.39, 0.29) is 29.4 Å². The Labute approximate surface area is 102 Å². The molecule has 0 bridgehead atoms. The minimum atomic E-state index is -0.267. The van der Waals surface area contributed by atoms with Gasteiger partial charge in [-0.2, -0.15) is 0 Å². The number of ketones is 1. The molecule has 1 saturated carbocycles. The fourth-order valence-corrected chi connectivity index (χ4v) is 2.88. The Morgan fingerprint density at radius 3 is 2.71 bits per heavy atom. The van der Waals surface area contributed by atoms with Gasteiger partial charge in [0.05, 0.1) is 0 Å². The maximum Gasteiger partial charge on any atom is 0.140 e. The van der Waals surface area contributed by atoms with Crippen molar-refractivity contribution in [2.75, 3.05) is 0 Å². The van der Waals surface area contributed by atoms with Crippen LogP contribution in [0.2, 0.25) is 0 Å². The molecule has 1 unspecified atom stereocenters. The van der Waals surface area contributed by atoms with Crippen molar-refractivity contribution in [2.45, 2.75) is 39.5 Å². The molecule has 2 heteroatoms. The summed E-state index contributed by atoms with van der Waals surface area (Å²) in [5, 5.41) is 0. The molecule has 1 nitrogen and oxygen atoms in total. The molecule has 1 fully saturated rings. The van der Waals surface area contributed by atoms with E-state index in [1.807, 2.05) is 0 Å². The van der Waals surface area contributed by atoms with E-state index >= 15 is 0 Å². The predicted molar refractivity (Wildman–Crippen MR) is 66.2 cm³/mol. The lowest BCUT2D eigenvalue weighted by Gasteiger charge is -2.25. The molecule has 0 spiro atoms. The molecule has 1 aliphatic rings. The lowest BCUT2D eigenvalue weighted by molar-refractivity contribution is -0.124. The molecule has 1 atom stereocenters. The molecule has 1 aliphatic carbocycles. The smallest absolute Gasteiger partial charge is 0.140 e. The molecule has 0 aliphatic heterocycles. The lowest BCUT2D eigenvalue weighted by Crippen LogP contribution is -2.27. The van der Waals surface area contributed by atoms with E-state index in [4.69, 9.17) is 0 Å². The summed E-state index contributed by atoms with van der Waals surface area (Å²) >= 11 is 0. The fraction of sp³-hybridized carbons (Fsp3) is 0.533. The quantitative estimate of drug-likeness (QED) is 0.778. The van der Waals surface area contributed by atoms with Crippen LogP contribution in [0.15, 0.2) is 24.3 Å². The van der Waals surface area contributed by atoms with E-state index in [0.29, 0.717) is 5.56 Å². The van der Waals surface area contributed by atoms with Gasteiger partial charge in [-0.15, -0.1) is 0 Å². The third-order valence-corrected chi connectivity index (χ3v) is 3.97. The highest BCUT2D eigenvalue weighted by molar-refractivity contribution is 5.84. The summed E-state index contributed by atoms with van der Waals surface area (Å²) < 4.78 is 13.5. The SMILES string of the molecule is CC1(C)CCCC1C(=O)Cc1ccccc1F. The summed E-state index contributed by atoms with van der Waals surface area (Å²) in [5.74, 6) is 0.0244. The van der Waals surface area contributed by atoms with E-state index in [2.05, 4.69) is 13.8 Å². The zero-order valence-electron chi connectivity index (χ0n) is 10.5. The number of carbonyl (C=O) groups is 1. The Morgan fingerprint density at radius 2 is 2.12 bits per heavy atom. The summed E-state index contributed by atoms with van der Waals surface area (Å²) in [6.45, 7) is 4.29. The summed E-state index contributed by atoms with van der Waals surface area (Å²) in [6, 6.07) is 6.56. The Bertz CT molecular complexity index is 423. The number of carbonyl (C=O) groups excluding carboxylic acids is 1. The van der Waals surface area contributed by atoms with Crippen LogP contribution < -0.4 is 0 Å². The van der Waals surface area contributed by atoms with Gasteiger partial charge < -0.3 is 0 Å². The molecule has 1 aromatic rings. The van der Waals surface area contributed by atoms with Gasteiger partial charge in [-0.05, 0) is 29.9 Å². The first kappa shape index (κ1) is 12.3. The Kier molecular flexibility index (Phi) is 3.32. The molecule has 0 N–H and O–H groups in total. The van der Waals surface area contributed by atoms with Gasteiger partial charge in [0.15, 0.2) is 0 Å². The van der Waals surface area contributed by atoms with Gasteiger partial charge in [0, 0.05) is 12.3 Å². The van der Waals surface area contributed by atoms with Gasteiger partial charge in [0.1, 0.15) is 11.6 Å². The van der Waals surface area contributed by atoms with E-state index in [1.54, 1.807) is 18.2 Å². The second-order valence-corrected chi connectivity index (χ2v) is 5.67. The van der Waals surface area contributed by atoms with Crippen molar-refractivity contribution in [1.82, 2.24) is 0 Å². The van der Waals surface area contributed by atoms with Crippen LogP contribution in [0, 0.1) is 17.2 Å². The minimum absolute atomic E-state index is 0.0857. The normalized spacial score (nSPS) is 22.6. The van der Waals surface area contributed by atoms with Crippen LogP contribution in [0.5, 0.6) is 0 Å². The third kappa shape index (κ3) is 2.56. The summed E-state index contributed by atoms with van der Waals surface area (Å²) in [5.41, 5.74) is 0.614. The number of rotatable bonds is 3. The maximum atomic E-state index is 13.5. The molecular weight excluding hydrogens is 215 g/mol. The molecule has 0 heterocycles. The van der Waals surface area contributed by atoms with Crippen molar-refractivity contribution >= 4 is 5.78 Å². The van der Waals surface area contributed by atoms with Crippen LogP contribution >= 0.6 is 0 Å². The number of halogens is 1. The van der Waals surface area contributed by atoms with Crippen LogP contribution in [0.3, 0.4) is 0 Å². The van der Waals surface area contributed by atoms with Gasteiger partial charge in [-0.1, -0.05) is 38.5 Å². The predicted octanol–water partition coefficient (Wildman–Crippen LogP) is 3.76. The first-order valence-electron chi connectivity index (χ1n) is 6.27. The zero-order chi connectivity index (χ0) is 12.5. The number of hydrogen-bond donors (Lipinski definition) is 0. The largest absolute Gasteiger partial charge is 0.299 e. The van der Waals surface area contributed by atoms with Crippen LogP contribution in [-0.4, -0.2) is 5.78 Å². The topological polar surface area (TPSA) is 17.1 Å². The maximum absolute atomic E-state index is 13.5. The van der Waals surface area contributed by atoms with Gasteiger partial charge in [-0.25, -0.2) is 4.39 Å². The second-order valence-electron chi connectivity index (χ2n) is 5.67. The highest BCUT2D eigenvalue weighted by Gasteiger charge is 2.38. The highest BCUT2D eigenvalue weighted by Crippen LogP contribution is 2.43. The van der Waals surface area contributed by atoms with Crippen molar-refractivity contribution < 1.29 is 9.18 Å². The van der Waals surface area contributed by atoms with Crippen molar-refractivity contribution in [3.8, 4) is 0 Å². The lowest BCUT2D eigenvalue weighted by atomic mass is 9.78. The van der Waals surface area contributed by atoms with Gasteiger partial charge in [0.25, 0.3) is 0 Å². The molecule has 17 heavy (non-hydrogen) atoms. The zero-order valence-corrected chi connectivity index (χ0v) is 10.5. The summed E-state index contributed by atoms with van der Waals surface area (Å²) in [6.07, 6.45) is 3.41. The van der Waals surface area contributed by atoms with Gasteiger partial charge in [0.2, 0.25) is 0 Å². The molecule has 0 saturated heterocycles. The highest BCUT2D eigenvalue weighted by atomic mass is 19.1. The van der Waals surface area contributed by atoms with E-state index < -0.39 is 0 Å². The first-order chi connectivity index (χ1) is 8.00. The van der Waals surface area contributed by atoms with Crippen molar-refractivity contribution in [1.29, 1.82) is 0 Å². The monoisotopic (exact) mass is 234 g/mol. The number of hydrogen-bond acceptors (Lipinski definition) is 1. The van der Waals surface area contributed by atoms with Crippen molar-refractivity contribution in [3.63, 3.8) is 0 Å². The van der Waals surface area contributed by atoms with Crippen LogP contribution in [0.1, 0.15) is 38.7 Å². The second kappa shape index (κ2) is 4.59. The standard InChI is InChI=1S/C15H19FO/c1-15(2)9-5-7-12(15)14(17)10-11-6-3-4-8-13(11)16/h3-4,6,8,12H,5,7,9-10H2,1-2H3. The molecule has 1 aromatic carbocycles. The van der Waals surface area contributed by atoms with Crippen LogP contribution in [0.25, 0.3) is 0 Å². The van der Waals surface area contributed by atoms with Crippen LogP contribution in [0.4, 0.5) is 4.39 Å². The first-order valence-corrected chi connectivity index (χ1v) is 6.27. The minimum Gasteiger partial charge on any atom is -0.299 e. The Morgan fingerprint density at radius 1 is 1.41 bits per heavy atom. The molecule has 0 aromatic heterocycles. The Balaban J connectivity index is 2.10. The summed E-state index contributed by atoms with van der Waals surface area (Å²) in [4.78, 5) is 12.2. The van der Waals surface area contributed by atoms with E-state index in [9.17, 15) is 9.18 Å².